The molecule has 0 radical (unpaired) electrons. The molecule has 1 aromatic heterocycles. The van der Waals surface area contributed by atoms with Crippen LogP contribution in [0.5, 0.6) is 0 Å². The number of nitrogens with zero attached hydrogens (tertiary/aromatic N) is 3. The van der Waals surface area contributed by atoms with Gasteiger partial charge in [0.2, 0.25) is 0 Å². The maximum absolute atomic E-state index is 5.12. The van der Waals surface area contributed by atoms with Crippen LogP contribution in [0.2, 0.25) is 0 Å². The predicted molar refractivity (Wildman–Crippen MR) is 229 cm³/mol. The lowest BCUT2D eigenvalue weighted by Gasteiger charge is -2.22. The molecule has 0 aliphatic heterocycles. The normalized spacial score (nSPS) is 13.1. The Morgan fingerprint density at radius 1 is 0.327 bits per heavy atom. The standard InChI is InChI=1S/C52H35N3/c1-52(2)46-20-12-11-19-42(46)44-31-43-38(30-47(44)52)24-22-32-21-23-37-27-35(25-26-41(37)48(32)43)39-28-36-17-9-10-18-40(36)45(29-39)51-54-49(33-13-5-3-6-14-33)53-50(55-51)34-15-7-4-8-16-34/h3-31H,1-2H3. The Labute approximate surface area is 319 Å². The van der Waals surface area contributed by atoms with Crippen molar-refractivity contribution in [1.82, 2.24) is 15.0 Å². The van der Waals surface area contributed by atoms with Gasteiger partial charge in [-0.1, -0.05) is 159 Å². The van der Waals surface area contributed by atoms with E-state index in [1.54, 1.807) is 0 Å². The lowest BCUT2D eigenvalue weighted by atomic mass is 9.81. The van der Waals surface area contributed by atoms with Crippen LogP contribution < -0.4 is 0 Å². The van der Waals surface area contributed by atoms with Gasteiger partial charge in [0.05, 0.1) is 0 Å². The summed E-state index contributed by atoms with van der Waals surface area (Å²) in [6.45, 7) is 4.70. The number of rotatable bonds is 4. The van der Waals surface area contributed by atoms with E-state index in [1.807, 2.05) is 36.4 Å². The van der Waals surface area contributed by atoms with Gasteiger partial charge in [-0.3, -0.25) is 0 Å². The number of benzene rings is 9. The largest absolute Gasteiger partial charge is 0.208 e. The molecule has 0 unspecified atom stereocenters. The fourth-order valence-electron chi connectivity index (χ4n) is 8.86. The molecule has 10 aromatic rings. The van der Waals surface area contributed by atoms with E-state index < -0.39 is 0 Å². The average Bonchev–Trinajstić information content (AvgIpc) is 3.47. The van der Waals surface area contributed by atoms with Crippen LogP contribution in [0.3, 0.4) is 0 Å². The number of aromatic nitrogens is 3. The van der Waals surface area contributed by atoms with Crippen molar-refractivity contribution in [3.8, 4) is 56.4 Å². The fourth-order valence-corrected chi connectivity index (χ4v) is 8.86. The Morgan fingerprint density at radius 2 is 0.909 bits per heavy atom. The van der Waals surface area contributed by atoms with Crippen molar-refractivity contribution in [3.05, 3.63) is 187 Å². The van der Waals surface area contributed by atoms with Crippen LogP contribution in [0.1, 0.15) is 25.0 Å². The van der Waals surface area contributed by atoms with Crippen molar-refractivity contribution >= 4 is 43.1 Å². The van der Waals surface area contributed by atoms with Crippen LogP contribution in [0, 0.1) is 0 Å². The third-order valence-electron chi connectivity index (χ3n) is 11.7. The van der Waals surface area contributed by atoms with Crippen LogP contribution in [-0.2, 0) is 5.41 Å². The summed E-state index contributed by atoms with van der Waals surface area (Å²) in [5.74, 6) is 1.96. The highest BCUT2D eigenvalue weighted by Gasteiger charge is 2.35. The van der Waals surface area contributed by atoms with Crippen molar-refractivity contribution in [1.29, 1.82) is 0 Å². The second-order valence-electron chi connectivity index (χ2n) is 15.2. The van der Waals surface area contributed by atoms with Crippen molar-refractivity contribution in [2.75, 3.05) is 0 Å². The predicted octanol–water partition coefficient (Wildman–Crippen LogP) is 13.5. The molecule has 3 heteroatoms. The summed E-state index contributed by atoms with van der Waals surface area (Å²) in [6.07, 6.45) is 0. The van der Waals surface area contributed by atoms with Crippen LogP contribution >= 0.6 is 0 Å². The van der Waals surface area contributed by atoms with Crippen molar-refractivity contribution in [3.63, 3.8) is 0 Å². The van der Waals surface area contributed by atoms with Gasteiger partial charge in [0, 0.05) is 22.1 Å². The summed E-state index contributed by atoms with van der Waals surface area (Å²) in [4.78, 5) is 15.2. The molecule has 0 saturated carbocycles. The van der Waals surface area contributed by atoms with Gasteiger partial charge in [0.15, 0.2) is 17.5 Å². The van der Waals surface area contributed by atoms with Crippen LogP contribution in [0.15, 0.2) is 176 Å². The third kappa shape index (κ3) is 5.01. The molecule has 1 heterocycles. The lowest BCUT2D eigenvalue weighted by molar-refractivity contribution is 0.661. The molecular formula is C52H35N3. The monoisotopic (exact) mass is 701 g/mol. The zero-order valence-electron chi connectivity index (χ0n) is 30.6. The summed E-state index contributed by atoms with van der Waals surface area (Å²) < 4.78 is 0. The van der Waals surface area contributed by atoms with Gasteiger partial charge < -0.3 is 0 Å². The minimum Gasteiger partial charge on any atom is -0.208 e. The van der Waals surface area contributed by atoms with E-state index in [-0.39, 0.29) is 5.41 Å². The second-order valence-corrected chi connectivity index (χ2v) is 15.2. The maximum atomic E-state index is 5.12. The van der Waals surface area contributed by atoms with Crippen LogP contribution in [-0.4, -0.2) is 15.0 Å². The molecule has 55 heavy (non-hydrogen) atoms. The SMILES string of the molecule is CC1(C)c2ccccc2-c2cc3c(ccc4ccc5cc(-c6cc(-c7nc(-c8ccccc8)nc(-c8ccccc8)n7)c7ccccc7c6)ccc5c43)cc21. The van der Waals surface area contributed by atoms with E-state index in [2.05, 4.69) is 153 Å². The fraction of sp³-hybridized carbons (Fsp3) is 0.0577. The molecule has 0 bridgehead atoms. The topological polar surface area (TPSA) is 38.7 Å². The van der Waals surface area contributed by atoms with Gasteiger partial charge >= 0.3 is 0 Å². The molecule has 11 rings (SSSR count). The molecule has 0 amide bonds. The smallest absolute Gasteiger partial charge is 0.164 e. The molecule has 3 nitrogen and oxygen atoms in total. The first-order valence-corrected chi connectivity index (χ1v) is 18.9. The first-order valence-electron chi connectivity index (χ1n) is 18.9. The highest BCUT2D eigenvalue weighted by atomic mass is 15.0. The molecule has 0 saturated heterocycles. The molecular weight excluding hydrogens is 667 g/mol. The molecule has 0 spiro atoms. The maximum Gasteiger partial charge on any atom is 0.164 e. The minimum atomic E-state index is -0.0328. The van der Waals surface area contributed by atoms with Gasteiger partial charge in [-0.15, -0.1) is 0 Å². The molecule has 0 atom stereocenters. The van der Waals surface area contributed by atoms with Crippen molar-refractivity contribution < 1.29 is 0 Å². The van der Waals surface area contributed by atoms with E-state index in [0.29, 0.717) is 17.5 Å². The molecule has 9 aromatic carbocycles. The zero-order valence-corrected chi connectivity index (χ0v) is 30.6. The zero-order chi connectivity index (χ0) is 36.7. The lowest BCUT2D eigenvalue weighted by Crippen LogP contribution is -2.14. The summed E-state index contributed by atoms with van der Waals surface area (Å²) >= 11 is 0. The molecule has 1 aliphatic rings. The number of hydrogen-bond donors (Lipinski definition) is 0. The van der Waals surface area contributed by atoms with Gasteiger partial charge in [0.25, 0.3) is 0 Å². The van der Waals surface area contributed by atoms with Gasteiger partial charge in [-0.05, 0) is 107 Å². The van der Waals surface area contributed by atoms with E-state index in [9.17, 15) is 0 Å². The molecule has 1 aliphatic carbocycles. The highest BCUT2D eigenvalue weighted by molar-refractivity contribution is 6.21. The van der Waals surface area contributed by atoms with Crippen molar-refractivity contribution in [2.24, 2.45) is 0 Å². The Balaban J connectivity index is 1.10. The van der Waals surface area contributed by atoms with E-state index in [1.165, 1.54) is 54.6 Å². The first kappa shape index (κ1) is 31.5. The summed E-state index contributed by atoms with van der Waals surface area (Å²) in [6, 6.07) is 63.2. The molecule has 258 valence electrons. The minimum absolute atomic E-state index is 0.0328. The van der Waals surface area contributed by atoms with E-state index in [4.69, 9.17) is 15.0 Å². The first-order chi connectivity index (χ1) is 27.0. The Bertz CT molecular complexity index is 3110. The van der Waals surface area contributed by atoms with Crippen molar-refractivity contribution in [2.45, 2.75) is 19.3 Å². The third-order valence-corrected chi connectivity index (χ3v) is 11.7. The second kappa shape index (κ2) is 12.0. The average molecular weight is 702 g/mol. The molecule has 0 N–H and O–H groups in total. The van der Waals surface area contributed by atoms with E-state index >= 15 is 0 Å². The number of hydrogen-bond acceptors (Lipinski definition) is 3. The quantitative estimate of drug-likeness (QED) is 0.171. The van der Waals surface area contributed by atoms with Crippen LogP contribution in [0.25, 0.3) is 99.5 Å². The van der Waals surface area contributed by atoms with Gasteiger partial charge in [-0.2, -0.15) is 0 Å². The van der Waals surface area contributed by atoms with Gasteiger partial charge in [-0.25, -0.2) is 15.0 Å². The number of fused-ring (bicyclic) bond motifs is 9. The summed E-state index contributed by atoms with van der Waals surface area (Å²) in [7, 11) is 0. The van der Waals surface area contributed by atoms with E-state index in [0.717, 1.165) is 38.6 Å². The summed E-state index contributed by atoms with van der Waals surface area (Å²) in [5, 5.41) is 9.86. The van der Waals surface area contributed by atoms with Crippen LogP contribution in [0.4, 0.5) is 0 Å². The molecule has 0 fully saturated rings. The summed E-state index contributed by atoms with van der Waals surface area (Å²) in [5.41, 5.74) is 10.6. The Kier molecular flexibility index (Phi) is 6.90. The Morgan fingerprint density at radius 3 is 1.65 bits per heavy atom. The highest BCUT2D eigenvalue weighted by Crippen LogP contribution is 2.50. The van der Waals surface area contributed by atoms with Gasteiger partial charge in [0.1, 0.15) is 0 Å². The Hall–Kier alpha value is -6.97.